The molecule has 3 N–H and O–H groups in total. The van der Waals surface area contributed by atoms with Crippen LogP contribution in [0.2, 0.25) is 0 Å². The molecular weight excluding hydrogens is 319 g/mol. The number of amides is 1. The first-order valence-electron chi connectivity index (χ1n) is 6.04. The van der Waals surface area contributed by atoms with E-state index in [0.29, 0.717) is 16.9 Å². The summed E-state index contributed by atoms with van der Waals surface area (Å²) in [4.78, 5) is 12.3. The number of fused-ring (bicyclic) bond motifs is 1. The van der Waals surface area contributed by atoms with Crippen LogP contribution in [0.4, 0.5) is 11.4 Å². The molecule has 3 aromatic rings. The molecule has 0 aliphatic carbocycles. The Hall–Kier alpha value is -2.17. The maximum absolute atomic E-state index is 12.3. The zero-order valence-corrected chi connectivity index (χ0v) is 12.5. The summed E-state index contributed by atoms with van der Waals surface area (Å²) >= 11 is -0.120. The van der Waals surface area contributed by atoms with Crippen molar-refractivity contribution in [2.24, 2.45) is 0 Å². The second-order valence-corrected chi connectivity index (χ2v) is 5.59. The maximum atomic E-state index is 12.3. The van der Waals surface area contributed by atoms with E-state index < -0.39 is 0 Å². The third-order valence-corrected chi connectivity index (χ3v) is 4.13. The molecule has 0 saturated carbocycles. The molecule has 0 saturated heterocycles. The number of benzene rings is 2. The molecule has 0 aliphatic rings. The zero-order chi connectivity index (χ0) is 14.1. The predicted octanol–water partition coefficient (Wildman–Crippen LogP) is 1.83. The molecular formula is C14H12N4OSe. The van der Waals surface area contributed by atoms with Gasteiger partial charge >= 0.3 is 122 Å². The van der Waals surface area contributed by atoms with Crippen molar-refractivity contribution in [1.29, 1.82) is 0 Å². The first kappa shape index (κ1) is 12.8. The van der Waals surface area contributed by atoms with Gasteiger partial charge in [-0.2, -0.15) is 0 Å². The van der Waals surface area contributed by atoms with Gasteiger partial charge in [-0.25, -0.2) is 0 Å². The molecule has 0 spiro atoms. The van der Waals surface area contributed by atoms with Crippen molar-refractivity contribution in [1.82, 2.24) is 7.96 Å². The Morgan fingerprint density at radius 1 is 1.25 bits per heavy atom. The van der Waals surface area contributed by atoms with Gasteiger partial charge < -0.3 is 0 Å². The van der Waals surface area contributed by atoms with Crippen LogP contribution in [0.1, 0.15) is 15.9 Å². The van der Waals surface area contributed by atoms with E-state index in [9.17, 15) is 4.79 Å². The van der Waals surface area contributed by atoms with E-state index in [2.05, 4.69) is 13.3 Å². The van der Waals surface area contributed by atoms with Crippen LogP contribution >= 0.6 is 0 Å². The van der Waals surface area contributed by atoms with Gasteiger partial charge in [-0.15, -0.1) is 0 Å². The van der Waals surface area contributed by atoms with Crippen LogP contribution in [0, 0.1) is 6.92 Å². The molecule has 1 heterocycles. The first-order chi connectivity index (χ1) is 9.65. The first-order valence-corrected chi connectivity index (χ1v) is 7.57. The van der Waals surface area contributed by atoms with E-state index in [0.717, 1.165) is 16.6 Å². The van der Waals surface area contributed by atoms with Crippen LogP contribution in [0.15, 0.2) is 36.4 Å². The number of nitrogens with one attached hydrogen (secondary N) is 1. The van der Waals surface area contributed by atoms with E-state index in [4.69, 9.17) is 5.73 Å². The Balaban J connectivity index is 1.96. The minimum atomic E-state index is -0.228. The van der Waals surface area contributed by atoms with Crippen LogP contribution in [-0.4, -0.2) is 28.8 Å². The number of rotatable bonds is 2. The number of nitrogen functional groups attached to an aromatic ring is 1. The Morgan fingerprint density at radius 3 is 2.95 bits per heavy atom. The molecule has 3 rings (SSSR count). The molecule has 0 aliphatic heterocycles. The summed E-state index contributed by atoms with van der Waals surface area (Å²) in [6, 6.07) is 11.0. The van der Waals surface area contributed by atoms with Gasteiger partial charge in [0.25, 0.3) is 0 Å². The van der Waals surface area contributed by atoms with Crippen molar-refractivity contribution >= 4 is 43.3 Å². The summed E-state index contributed by atoms with van der Waals surface area (Å²) in [5.74, 6) is -0.228. The van der Waals surface area contributed by atoms with Crippen LogP contribution in [0.25, 0.3) is 11.0 Å². The molecule has 1 amide bonds. The molecule has 0 unspecified atom stereocenters. The van der Waals surface area contributed by atoms with E-state index >= 15 is 0 Å². The summed E-state index contributed by atoms with van der Waals surface area (Å²) < 4.78 is 8.63. The van der Waals surface area contributed by atoms with Gasteiger partial charge in [0.2, 0.25) is 0 Å². The zero-order valence-electron chi connectivity index (χ0n) is 10.8. The van der Waals surface area contributed by atoms with Gasteiger partial charge in [-0.3, -0.25) is 0 Å². The fraction of sp³-hybridized carbons (Fsp3) is 0.0714. The fourth-order valence-corrected chi connectivity index (χ4v) is 3.12. The molecule has 2 aromatic carbocycles. The Bertz CT molecular complexity index is 797. The Labute approximate surface area is 122 Å². The molecule has 5 nitrogen and oxygen atoms in total. The Morgan fingerprint density at radius 2 is 2.10 bits per heavy atom. The number of anilines is 2. The van der Waals surface area contributed by atoms with Gasteiger partial charge in [0.1, 0.15) is 0 Å². The number of aryl methyl sites for hydroxylation is 1. The van der Waals surface area contributed by atoms with E-state index in [-0.39, 0.29) is 20.9 Å². The molecule has 0 fully saturated rings. The number of hydrogen-bond acceptors (Lipinski definition) is 4. The summed E-state index contributed by atoms with van der Waals surface area (Å²) in [6.07, 6.45) is 0. The SMILES string of the molecule is Cc1ccc(N)c(C(=O)Nc2cccc3n[se]nc23)c1. The number of nitrogens with zero attached hydrogens (tertiary/aromatic N) is 2. The quantitative estimate of drug-likeness (QED) is 0.554. The second-order valence-electron chi connectivity index (χ2n) is 4.48. The summed E-state index contributed by atoms with van der Waals surface area (Å²) in [5.41, 5.74) is 10.1. The molecule has 20 heavy (non-hydrogen) atoms. The Kier molecular flexibility index (Phi) is 3.26. The number of hydrogen-bond donors (Lipinski definition) is 2. The van der Waals surface area contributed by atoms with Crippen molar-refractivity contribution in [2.45, 2.75) is 6.92 Å². The molecule has 0 radical (unpaired) electrons. The predicted molar refractivity (Wildman–Crippen MR) is 80.0 cm³/mol. The van der Waals surface area contributed by atoms with E-state index in [1.54, 1.807) is 12.1 Å². The van der Waals surface area contributed by atoms with Gasteiger partial charge in [-0.05, 0) is 0 Å². The minimum absolute atomic E-state index is 0.120. The van der Waals surface area contributed by atoms with Gasteiger partial charge in [-0.1, -0.05) is 0 Å². The van der Waals surface area contributed by atoms with Gasteiger partial charge in [0.05, 0.1) is 0 Å². The number of nitrogens with two attached hydrogens (primary N) is 1. The second kappa shape index (κ2) is 5.07. The van der Waals surface area contributed by atoms with Crippen molar-refractivity contribution in [2.75, 3.05) is 11.1 Å². The summed E-state index contributed by atoms with van der Waals surface area (Å²) in [6.45, 7) is 1.92. The molecule has 6 heteroatoms. The number of carbonyl (C=O) groups excluding carboxylic acids is 1. The fourth-order valence-electron chi connectivity index (χ4n) is 1.96. The summed E-state index contributed by atoms with van der Waals surface area (Å²) in [7, 11) is 0. The van der Waals surface area contributed by atoms with Crippen molar-refractivity contribution < 1.29 is 4.79 Å². The molecule has 100 valence electrons. The molecule has 0 bridgehead atoms. The third kappa shape index (κ3) is 2.31. The van der Waals surface area contributed by atoms with Crippen LogP contribution in [0.5, 0.6) is 0 Å². The molecule has 0 atom stereocenters. The molecule has 1 aromatic heterocycles. The van der Waals surface area contributed by atoms with Crippen LogP contribution in [-0.2, 0) is 0 Å². The van der Waals surface area contributed by atoms with Gasteiger partial charge in [0.15, 0.2) is 0 Å². The monoisotopic (exact) mass is 332 g/mol. The standard InChI is InChI=1S/C14H12N4OSe/c1-8-5-6-10(15)9(7-8)14(19)16-11-3-2-4-12-13(11)18-20-17-12/h2-7H,15H2,1H3,(H,16,19). The average molecular weight is 331 g/mol. The van der Waals surface area contributed by atoms with Crippen molar-refractivity contribution in [3.63, 3.8) is 0 Å². The van der Waals surface area contributed by atoms with Crippen LogP contribution < -0.4 is 11.1 Å². The van der Waals surface area contributed by atoms with Gasteiger partial charge in [0, 0.05) is 0 Å². The third-order valence-electron chi connectivity index (χ3n) is 2.99. The van der Waals surface area contributed by atoms with E-state index in [1.807, 2.05) is 31.2 Å². The number of carbonyl (C=O) groups is 1. The normalized spacial score (nSPS) is 10.7. The van der Waals surface area contributed by atoms with Crippen LogP contribution in [0.3, 0.4) is 0 Å². The average Bonchev–Trinajstić information content (AvgIpc) is 2.91. The van der Waals surface area contributed by atoms with Crippen molar-refractivity contribution in [3.8, 4) is 0 Å². The topological polar surface area (TPSA) is 80.9 Å². The summed E-state index contributed by atoms with van der Waals surface area (Å²) in [5, 5.41) is 2.86. The van der Waals surface area contributed by atoms with E-state index in [1.165, 1.54) is 0 Å². The number of aromatic nitrogens is 2. The van der Waals surface area contributed by atoms with Crippen molar-refractivity contribution in [3.05, 3.63) is 47.5 Å².